The van der Waals surface area contributed by atoms with Gasteiger partial charge in [0.25, 0.3) is 5.91 Å². The smallest absolute Gasteiger partial charge is 0.549 e. The topological polar surface area (TPSA) is 87.7 Å². The van der Waals surface area contributed by atoms with Gasteiger partial charge in [0.1, 0.15) is 17.2 Å². The van der Waals surface area contributed by atoms with Crippen molar-refractivity contribution in [2.75, 3.05) is 6.61 Å². The van der Waals surface area contributed by atoms with Gasteiger partial charge in [0, 0.05) is 40.1 Å². The Morgan fingerprint density at radius 3 is 2.26 bits per heavy atom. The minimum Gasteiger partial charge on any atom is -0.549 e. The quantitative estimate of drug-likeness (QED) is 0.467. The van der Waals surface area contributed by atoms with Gasteiger partial charge in [0.2, 0.25) is 0 Å². The summed E-state index contributed by atoms with van der Waals surface area (Å²) in [6.07, 6.45) is 4.23. The number of nitrogens with one attached hydrogen (secondary N) is 1. The number of fused-ring (bicyclic) bond motifs is 1. The van der Waals surface area contributed by atoms with Crippen molar-refractivity contribution >= 4 is 35.1 Å². The van der Waals surface area contributed by atoms with Crippen LogP contribution in [0.25, 0.3) is 0 Å². The van der Waals surface area contributed by atoms with E-state index in [1.165, 1.54) is 5.56 Å². The maximum absolute atomic E-state index is 12.8. The van der Waals surface area contributed by atoms with Crippen LogP contribution in [0.5, 0.6) is 17.2 Å². The van der Waals surface area contributed by atoms with Crippen molar-refractivity contribution < 1.29 is 53.7 Å². The van der Waals surface area contributed by atoms with E-state index in [0.717, 1.165) is 30.7 Å². The molecule has 1 amide bonds. The molecule has 1 aliphatic carbocycles. The third-order valence-electron chi connectivity index (χ3n) is 7.14. The van der Waals surface area contributed by atoms with Gasteiger partial charge in [0.15, 0.2) is 0 Å². The average Bonchev–Trinajstić information content (AvgIpc) is 2.90. The van der Waals surface area contributed by atoms with Crippen LogP contribution < -0.4 is 49.5 Å². The number of hydrogen-bond donors (Lipinski definition) is 1. The largest absolute Gasteiger partial charge is 1.00 e. The zero-order chi connectivity index (χ0) is 25.9. The van der Waals surface area contributed by atoms with Gasteiger partial charge in [-0.2, -0.15) is 0 Å². The summed E-state index contributed by atoms with van der Waals surface area (Å²) >= 11 is 12.4. The number of rotatable bonds is 6. The van der Waals surface area contributed by atoms with E-state index in [2.05, 4.69) is 17.4 Å². The van der Waals surface area contributed by atoms with Crippen LogP contribution in [0.3, 0.4) is 0 Å². The van der Waals surface area contributed by atoms with Crippen LogP contribution in [-0.4, -0.2) is 24.5 Å². The molecule has 1 N–H and O–H groups in total. The molecule has 6 nitrogen and oxygen atoms in total. The van der Waals surface area contributed by atoms with Crippen molar-refractivity contribution in [3.05, 3.63) is 87.4 Å². The Bertz CT molecular complexity index is 1290. The first-order chi connectivity index (χ1) is 17.9. The number of ether oxygens (including phenoxy) is 2. The summed E-state index contributed by atoms with van der Waals surface area (Å²) in [4.78, 5) is 24.2. The molecule has 1 atom stereocenters. The fourth-order valence-electron chi connectivity index (χ4n) is 5.09. The molecule has 3 aromatic carbocycles. The van der Waals surface area contributed by atoms with E-state index in [9.17, 15) is 14.7 Å². The summed E-state index contributed by atoms with van der Waals surface area (Å²) in [7, 11) is 0. The molecular formula is C29H26Cl2NNaO5. The van der Waals surface area contributed by atoms with Crippen molar-refractivity contribution in [1.29, 1.82) is 0 Å². The Kier molecular flexibility index (Phi) is 9.66. The summed E-state index contributed by atoms with van der Waals surface area (Å²) in [6.45, 7) is 0.277. The summed E-state index contributed by atoms with van der Waals surface area (Å²) < 4.78 is 11.5. The zero-order valence-electron chi connectivity index (χ0n) is 21.0. The number of carboxylic acids is 1. The fourth-order valence-corrected chi connectivity index (χ4v) is 5.43. The van der Waals surface area contributed by atoms with Crippen molar-refractivity contribution in [3.8, 4) is 17.2 Å². The van der Waals surface area contributed by atoms with Crippen LogP contribution in [0.4, 0.5) is 0 Å². The van der Waals surface area contributed by atoms with Gasteiger partial charge in [-0.25, -0.2) is 0 Å². The molecule has 1 heterocycles. The minimum absolute atomic E-state index is 0. The predicted molar refractivity (Wildman–Crippen MR) is 140 cm³/mol. The first-order valence-corrected chi connectivity index (χ1v) is 13.1. The standard InChI is InChI=1S/C29H27Cl2NO5.Na/c30-20-7-1-17(2-8-20)18-3-9-21(10-4-18)32-28(33)19-5-11-22(12-6-19)37-27-16-26-24(15-25(27)31)23(29(34)35)13-14-36-26;/h1-2,5-8,11-12,15-16,18,21,23H,3-4,9-10,13-14H2,(H,32,33)(H,34,35);/q;+1/p-1. The normalized spacial score (nSPS) is 20.3. The SMILES string of the molecule is O=C(NC1CCC(c2ccc(Cl)cc2)CC1)c1ccc(Oc2cc3c(cc2Cl)C(C(=O)[O-])CCO3)cc1.[Na+]. The fraction of sp³-hybridized carbons (Fsp3) is 0.310. The number of aliphatic carboxylic acids is 1. The number of carbonyl (C=O) groups excluding carboxylic acids is 2. The molecule has 0 spiro atoms. The molecule has 5 rings (SSSR count). The number of carboxylic acid groups (broad SMARTS) is 1. The molecule has 9 heteroatoms. The van der Waals surface area contributed by atoms with Gasteiger partial charge in [0.05, 0.1) is 11.6 Å². The van der Waals surface area contributed by atoms with E-state index in [0.29, 0.717) is 40.7 Å². The van der Waals surface area contributed by atoms with Gasteiger partial charge >= 0.3 is 29.6 Å². The molecule has 1 aliphatic heterocycles. The van der Waals surface area contributed by atoms with Gasteiger partial charge < -0.3 is 24.7 Å². The zero-order valence-corrected chi connectivity index (χ0v) is 24.6. The predicted octanol–water partition coefficient (Wildman–Crippen LogP) is 2.86. The monoisotopic (exact) mass is 561 g/mol. The molecule has 1 fully saturated rings. The second-order valence-electron chi connectivity index (χ2n) is 9.53. The van der Waals surface area contributed by atoms with Crippen LogP contribution in [0, 0.1) is 0 Å². The Balaban J connectivity index is 0.00000336. The van der Waals surface area contributed by atoms with Gasteiger partial charge in [-0.3, -0.25) is 4.79 Å². The molecule has 0 bridgehead atoms. The van der Waals surface area contributed by atoms with Crippen molar-refractivity contribution in [2.45, 2.75) is 50.0 Å². The maximum Gasteiger partial charge on any atom is 1.00 e. The minimum atomic E-state index is -1.15. The Labute approximate surface area is 253 Å². The maximum atomic E-state index is 12.8. The second-order valence-corrected chi connectivity index (χ2v) is 10.4. The summed E-state index contributed by atoms with van der Waals surface area (Å²) in [5.74, 6) is -0.285. The van der Waals surface area contributed by atoms with E-state index in [1.807, 2.05) is 12.1 Å². The van der Waals surface area contributed by atoms with Gasteiger partial charge in [-0.15, -0.1) is 0 Å². The van der Waals surface area contributed by atoms with Crippen LogP contribution in [-0.2, 0) is 4.79 Å². The number of amides is 1. The van der Waals surface area contributed by atoms with Gasteiger partial charge in [-0.05, 0) is 86.1 Å². The van der Waals surface area contributed by atoms with E-state index < -0.39 is 11.9 Å². The van der Waals surface area contributed by atoms with Crippen LogP contribution in [0.15, 0.2) is 60.7 Å². The number of benzene rings is 3. The van der Waals surface area contributed by atoms with Crippen LogP contribution >= 0.6 is 23.2 Å². The van der Waals surface area contributed by atoms with Crippen molar-refractivity contribution in [2.24, 2.45) is 0 Å². The first kappa shape index (κ1) is 28.8. The van der Waals surface area contributed by atoms with Gasteiger partial charge in [-0.1, -0.05) is 35.3 Å². The Morgan fingerprint density at radius 2 is 1.61 bits per heavy atom. The molecule has 0 aromatic heterocycles. The number of halogens is 2. The van der Waals surface area contributed by atoms with Crippen LogP contribution in [0.2, 0.25) is 10.0 Å². The summed E-state index contributed by atoms with van der Waals surface area (Å²) in [5.41, 5.74) is 2.33. The van der Waals surface area contributed by atoms with E-state index in [1.54, 1.807) is 36.4 Å². The van der Waals surface area contributed by atoms with E-state index in [4.69, 9.17) is 32.7 Å². The third-order valence-corrected chi connectivity index (χ3v) is 7.68. The van der Waals surface area contributed by atoms with Crippen LogP contribution in [0.1, 0.15) is 65.4 Å². The molecule has 1 saturated carbocycles. The Morgan fingerprint density at radius 1 is 0.921 bits per heavy atom. The number of hydrogen-bond acceptors (Lipinski definition) is 5. The summed E-state index contributed by atoms with van der Waals surface area (Å²) in [6, 6.07) is 18.1. The molecule has 3 aromatic rings. The molecule has 0 radical (unpaired) electrons. The molecule has 0 saturated heterocycles. The van der Waals surface area contributed by atoms with E-state index in [-0.39, 0.29) is 53.1 Å². The second kappa shape index (κ2) is 12.8. The summed E-state index contributed by atoms with van der Waals surface area (Å²) in [5, 5.41) is 15.6. The third kappa shape index (κ3) is 6.67. The molecule has 1 unspecified atom stereocenters. The Hall–Kier alpha value is -2.22. The van der Waals surface area contributed by atoms with Crippen molar-refractivity contribution in [1.82, 2.24) is 5.32 Å². The molecule has 2 aliphatic rings. The molecule has 192 valence electrons. The first-order valence-electron chi connectivity index (χ1n) is 12.4. The van der Waals surface area contributed by atoms with E-state index >= 15 is 0 Å². The average molecular weight is 562 g/mol. The molecule has 38 heavy (non-hydrogen) atoms. The van der Waals surface area contributed by atoms with Crippen molar-refractivity contribution in [3.63, 3.8) is 0 Å². The number of carbonyl (C=O) groups is 2. The molecular weight excluding hydrogens is 536 g/mol.